The van der Waals surface area contributed by atoms with E-state index < -0.39 is 5.79 Å². The molecule has 1 atom stereocenters. The van der Waals surface area contributed by atoms with Crippen molar-refractivity contribution in [2.24, 2.45) is 0 Å². The van der Waals surface area contributed by atoms with Crippen molar-refractivity contribution in [3.8, 4) is 0 Å². The molecule has 0 spiro atoms. The van der Waals surface area contributed by atoms with Crippen LogP contribution in [0.5, 0.6) is 0 Å². The molecule has 0 aliphatic carbocycles. The number of nitrogens with one attached hydrogen (secondary N) is 1. The minimum absolute atomic E-state index is 0.0210. The molecule has 1 aromatic carbocycles. The third kappa shape index (κ3) is 5.12. The Hall–Kier alpha value is -1.20. The van der Waals surface area contributed by atoms with Gasteiger partial charge in [0.25, 0.3) is 0 Å². The molecule has 4 heteroatoms. The molecule has 1 saturated heterocycles. The molecule has 19 heavy (non-hydrogen) atoms. The summed E-state index contributed by atoms with van der Waals surface area (Å²) in [5, 5.41) is 0. The van der Waals surface area contributed by atoms with Gasteiger partial charge in [0.1, 0.15) is 6.10 Å². The minimum atomic E-state index is -0.471. The fraction of sp³-hybridized carbons (Fsp3) is 0.467. The fourth-order valence-corrected chi connectivity index (χ4v) is 1.85. The second-order valence-electron chi connectivity index (χ2n) is 4.91. The lowest BCUT2D eigenvalue weighted by atomic mass is 10.2. The molecule has 0 saturated carbocycles. The van der Waals surface area contributed by atoms with E-state index in [1.807, 2.05) is 44.2 Å². The van der Waals surface area contributed by atoms with E-state index in [4.69, 9.17) is 14.3 Å². The number of hydroxylamine groups is 1. The topological polar surface area (TPSA) is 39.7 Å². The molecule has 1 aromatic rings. The predicted molar refractivity (Wildman–Crippen MR) is 73.3 cm³/mol. The van der Waals surface area contributed by atoms with Crippen molar-refractivity contribution < 1.29 is 14.3 Å². The van der Waals surface area contributed by atoms with E-state index in [2.05, 4.69) is 17.6 Å². The lowest BCUT2D eigenvalue weighted by Gasteiger charge is -2.15. The zero-order chi connectivity index (χ0) is 13.6. The van der Waals surface area contributed by atoms with Crippen molar-refractivity contribution in [3.63, 3.8) is 0 Å². The van der Waals surface area contributed by atoms with Gasteiger partial charge in [0, 0.05) is 6.54 Å². The van der Waals surface area contributed by atoms with Crippen LogP contribution in [0.25, 0.3) is 0 Å². The van der Waals surface area contributed by atoms with Gasteiger partial charge >= 0.3 is 0 Å². The Labute approximate surface area is 114 Å². The normalized spacial score (nSPS) is 22.1. The van der Waals surface area contributed by atoms with Gasteiger partial charge < -0.3 is 9.47 Å². The Morgan fingerprint density at radius 2 is 2.16 bits per heavy atom. The van der Waals surface area contributed by atoms with Crippen LogP contribution in [-0.2, 0) is 20.9 Å². The molecular weight excluding hydrogens is 242 g/mol. The molecule has 0 amide bonds. The summed E-state index contributed by atoms with van der Waals surface area (Å²) in [6.45, 7) is 5.64. The quantitative estimate of drug-likeness (QED) is 0.486. The highest BCUT2D eigenvalue weighted by Crippen LogP contribution is 2.22. The van der Waals surface area contributed by atoms with Gasteiger partial charge in [-0.05, 0) is 19.4 Å². The maximum absolute atomic E-state index is 5.64. The first kappa shape index (κ1) is 14.2. The highest BCUT2D eigenvalue weighted by Gasteiger charge is 2.30. The van der Waals surface area contributed by atoms with Crippen molar-refractivity contribution in [2.75, 3.05) is 13.2 Å². The number of benzene rings is 1. The van der Waals surface area contributed by atoms with Crippen LogP contribution in [0.15, 0.2) is 42.5 Å². The van der Waals surface area contributed by atoms with E-state index in [1.54, 1.807) is 0 Å². The first-order chi connectivity index (χ1) is 9.16. The molecule has 1 aliphatic rings. The maximum Gasteiger partial charge on any atom is 0.163 e. The zero-order valence-corrected chi connectivity index (χ0v) is 11.5. The van der Waals surface area contributed by atoms with E-state index in [0.717, 1.165) is 0 Å². The maximum atomic E-state index is 5.64. The lowest BCUT2D eigenvalue weighted by molar-refractivity contribution is -0.133. The van der Waals surface area contributed by atoms with Crippen LogP contribution in [0.4, 0.5) is 0 Å². The van der Waals surface area contributed by atoms with Gasteiger partial charge in [0.15, 0.2) is 5.79 Å². The molecule has 1 heterocycles. The number of ether oxygens (including phenoxy) is 2. The molecular formula is C15H21NO3. The van der Waals surface area contributed by atoms with Crippen LogP contribution in [0, 0.1) is 0 Å². The van der Waals surface area contributed by atoms with E-state index in [0.29, 0.717) is 19.8 Å². The molecule has 2 rings (SSSR count). The third-order valence-electron chi connectivity index (χ3n) is 2.78. The van der Waals surface area contributed by atoms with Crippen molar-refractivity contribution in [2.45, 2.75) is 32.3 Å². The van der Waals surface area contributed by atoms with E-state index in [-0.39, 0.29) is 6.10 Å². The smallest absolute Gasteiger partial charge is 0.163 e. The van der Waals surface area contributed by atoms with Gasteiger partial charge in [-0.25, -0.2) is 0 Å². The van der Waals surface area contributed by atoms with Gasteiger partial charge in [-0.1, -0.05) is 42.5 Å². The number of hydrogen-bond donors (Lipinski definition) is 1. The SMILES string of the molecule is CC1(C)OC[C@H](/C=C/CONCc2ccccc2)O1. The Kier molecular flexibility index (Phi) is 5.10. The van der Waals surface area contributed by atoms with E-state index in [9.17, 15) is 0 Å². The molecule has 0 bridgehead atoms. The Balaban J connectivity index is 1.57. The molecule has 1 aliphatic heterocycles. The van der Waals surface area contributed by atoms with Gasteiger partial charge in [-0.2, -0.15) is 5.48 Å². The molecule has 0 aromatic heterocycles. The van der Waals surface area contributed by atoms with Gasteiger partial charge in [0.2, 0.25) is 0 Å². The van der Waals surface area contributed by atoms with Crippen molar-refractivity contribution in [1.82, 2.24) is 5.48 Å². The summed E-state index contributed by atoms with van der Waals surface area (Å²) in [5.41, 5.74) is 4.12. The van der Waals surface area contributed by atoms with Crippen molar-refractivity contribution in [3.05, 3.63) is 48.0 Å². The molecule has 0 radical (unpaired) electrons. The summed E-state index contributed by atoms with van der Waals surface area (Å²) in [5.74, 6) is -0.471. The highest BCUT2D eigenvalue weighted by atomic mass is 16.7. The van der Waals surface area contributed by atoms with Gasteiger partial charge in [-0.15, -0.1) is 0 Å². The van der Waals surface area contributed by atoms with Crippen molar-refractivity contribution >= 4 is 0 Å². The van der Waals surface area contributed by atoms with Crippen molar-refractivity contribution in [1.29, 1.82) is 0 Å². The monoisotopic (exact) mass is 263 g/mol. The Morgan fingerprint density at radius 1 is 1.37 bits per heavy atom. The van der Waals surface area contributed by atoms with Gasteiger partial charge in [0.05, 0.1) is 13.2 Å². The summed E-state index contributed by atoms with van der Waals surface area (Å²) in [7, 11) is 0. The number of rotatable bonds is 6. The van der Waals surface area contributed by atoms with Crippen LogP contribution in [-0.4, -0.2) is 25.1 Å². The lowest BCUT2D eigenvalue weighted by Crippen LogP contribution is -2.20. The zero-order valence-electron chi connectivity index (χ0n) is 11.5. The average molecular weight is 263 g/mol. The summed E-state index contributed by atoms with van der Waals surface area (Å²) in [6, 6.07) is 10.1. The Morgan fingerprint density at radius 3 is 2.84 bits per heavy atom. The first-order valence-corrected chi connectivity index (χ1v) is 6.53. The van der Waals surface area contributed by atoms with Crippen LogP contribution in [0.2, 0.25) is 0 Å². The van der Waals surface area contributed by atoms with Crippen LogP contribution >= 0.6 is 0 Å². The molecule has 104 valence electrons. The summed E-state index contributed by atoms with van der Waals surface area (Å²) < 4.78 is 11.1. The molecule has 1 fully saturated rings. The van der Waals surface area contributed by atoms with E-state index in [1.165, 1.54) is 5.56 Å². The standard InChI is InChI=1S/C15H21NO3/c1-15(2)17-12-14(19-15)9-6-10-18-16-11-13-7-4-3-5-8-13/h3-9,14,16H,10-12H2,1-2H3/b9-6+/t14-/m0/s1. The second-order valence-corrected chi connectivity index (χ2v) is 4.91. The minimum Gasteiger partial charge on any atom is -0.347 e. The summed E-state index contributed by atoms with van der Waals surface area (Å²) in [4.78, 5) is 5.32. The van der Waals surface area contributed by atoms with Gasteiger partial charge in [-0.3, -0.25) is 4.84 Å². The molecule has 0 unspecified atom stereocenters. The fourth-order valence-electron chi connectivity index (χ4n) is 1.85. The highest BCUT2D eigenvalue weighted by molar-refractivity contribution is 5.13. The summed E-state index contributed by atoms with van der Waals surface area (Å²) >= 11 is 0. The Bertz CT molecular complexity index is 403. The predicted octanol–water partition coefficient (Wildman–Crippen LogP) is 2.42. The van der Waals surface area contributed by atoms with Crippen LogP contribution in [0.3, 0.4) is 0 Å². The van der Waals surface area contributed by atoms with Crippen LogP contribution in [0.1, 0.15) is 19.4 Å². The summed E-state index contributed by atoms with van der Waals surface area (Å²) in [6.07, 6.45) is 3.93. The number of hydrogen-bond acceptors (Lipinski definition) is 4. The van der Waals surface area contributed by atoms with Crippen LogP contribution < -0.4 is 5.48 Å². The largest absolute Gasteiger partial charge is 0.347 e. The molecule has 4 nitrogen and oxygen atoms in total. The second kappa shape index (κ2) is 6.82. The third-order valence-corrected chi connectivity index (χ3v) is 2.78. The van der Waals surface area contributed by atoms with E-state index >= 15 is 0 Å². The average Bonchev–Trinajstić information content (AvgIpc) is 2.74. The first-order valence-electron chi connectivity index (χ1n) is 6.53. The molecule has 1 N–H and O–H groups in total.